The first-order valence-electron chi connectivity index (χ1n) is 7.41. The number of benzene rings is 1. The predicted octanol–water partition coefficient (Wildman–Crippen LogP) is 2.50. The lowest BCUT2D eigenvalue weighted by Gasteiger charge is -2.31. The predicted molar refractivity (Wildman–Crippen MR) is 75.9 cm³/mol. The Labute approximate surface area is 123 Å². The van der Waals surface area contributed by atoms with Crippen LogP contribution in [0.4, 0.5) is 4.39 Å². The molecule has 4 nitrogen and oxygen atoms in total. The summed E-state index contributed by atoms with van der Waals surface area (Å²) in [5, 5.41) is 12.9. The van der Waals surface area contributed by atoms with Gasteiger partial charge in [-0.15, -0.1) is 0 Å². The molecule has 1 aromatic carbocycles. The number of carboxylic acid groups (broad SMARTS) is 1. The quantitative estimate of drug-likeness (QED) is 0.811. The lowest BCUT2D eigenvalue weighted by atomic mass is 9.94. The van der Waals surface area contributed by atoms with E-state index in [2.05, 4.69) is 5.32 Å². The van der Waals surface area contributed by atoms with Gasteiger partial charge in [0, 0.05) is 12.1 Å². The zero-order valence-corrected chi connectivity index (χ0v) is 12.1. The fourth-order valence-corrected chi connectivity index (χ4v) is 2.60. The number of ether oxygens (including phenoxy) is 1. The van der Waals surface area contributed by atoms with E-state index in [1.165, 1.54) is 6.07 Å². The van der Waals surface area contributed by atoms with E-state index >= 15 is 0 Å². The Kier molecular flexibility index (Phi) is 3.61. The van der Waals surface area contributed by atoms with Crippen LogP contribution in [-0.2, 0) is 4.79 Å². The number of hydrogen-bond donors (Lipinski definition) is 2. The number of carboxylic acids is 1. The maximum atomic E-state index is 13.5. The lowest BCUT2D eigenvalue weighted by Crippen LogP contribution is -2.59. The molecule has 21 heavy (non-hydrogen) atoms. The Bertz CT molecular complexity index is 554. The van der Waals surface area contributed by atoms with Gasteiger partial charge >= 0.3 is 5.97 Å². The van der Waals surface area contributed by atoms with Gasteiger partial charge in [-0.2, -0.15) is 0 Å². The van der Waals surface area contributed by atoms with Crippen LogP contribution in [0.1, 0.15) is 31.2 Å². The average molecular weight is 293 g/mol. The monoisotopic (exact) mass is 293 g/mol. The molecule has 0 spiro atoms. The number of carbonyl (C=O) groups is 1. The summed E-state index contributed by atoms with van der Waals surface area (Å²) in [4.78, 5) is 11.8. The third-order valence-corrected chi connectivity index (χ3v) is 4.30. The van der Waals surface area contributed by atoms with Crippen molar-refractivity contribution in [3.05, 3.63) is 29.6 Å². The minimum absolute atomic E-state index is 0.0337. The number of aryl methyl sites for hydroxylation is 1. The second kappa shape index (κ2) is 5.30. The lowest BCUT2D eigenvalue weighted by molar-refractivity contribution is -0.147. The van der Waals surface area contributed by atoms with Gasteiger partial charge in [0.2, 0.25) is 0 Å². The molecule has 1 atom stereocenters. The molecule has 3 rings (SSSR count). The standard InChI is InChI=1S/C16H20FNO3/c1-10-2-7-13(8-14(10)17)21-9-16(15(19)20,11-3-4-11)18-12-5-6-12/h2,7-8,11-12,18H,3-6,9H2,1H3,(H,19,20). The highest BCUT2D eigenvalue weighted by molar-refractivity contribution is 5.80. The molecule has 5 heteroatoms. The Hall–Kier alpha value is -1.62. The van der Waals surface area contributed by atoms with Crippen molar-refractivity contribution in [3.63, 3.8) is 0 Å². The molecular formula is C16H20FNO3. The minimum Gasteiger partial charge on any atom is -0.491 e. The van der Waals surface area contributed by atoms with Gasteiger partial charge < -0.3 is 9.84 Å². The van der Waals surface area contributed by atoms with Gasteiger partial charge in [0.15, 0.2) is 5.54 Å². The summed E-state index contributed by atoms with van der Waals surface area (Å²) >= 11 is 0. The summed E-state index contributed by atoms with van der Waals surface area (Å²) in [6, 6.07) is 4.90. The summed E-state index contributed by atoms with van der Waals surface area (Å²) in [6.45, 7) is 1.71. The van der Waals surface area contributed by atoms with E-state index in [4.69, 9.17) is 4.74 Å². The molecule has 0 aliphatic heterocycles. The van der Waals surface area contributed by atoms with Gasteiger partial charge in [-0.3, -0.25) is 10.1 Å². The minimum atomic E-state index is -1.04. The zero-order valence-electron chi connectivity index (χ0n) is 12.1. The van der Waals surface area contributed by atoms with E-state index in [0.29, 0.717) is 11.3 Å². The Morgan fingerprint density at radius 3 is 2.67 bits per heavy atom. The summed E-state index contributed by atoms with van der Waals surface area (Å²) in [5.74, 6) is -0.729. The highest BCUT2D eigenvalue weighted by atomic mass is 19.1. The first-order valence-corrected chi connectivity index (χ1v) is 7.41. The molecular weight excluding hydrogens is 273 g/mol. The molecule has 0 aromatic heterocycles. The molecule has 2 aliphatic rings. The van der Waals surface area contributed by atoms with Crippen molar-refractivity contribution in [1.29, 1.82) is 0 Å². The maximum Gasteiger partial charge on any atom is 0.327 e. The van der Waals surface area contributed by atoms with Crippen LogP contribution >= 0.6 is 0 Å². The third-order valence-electron chi connectivity index (χ3n) is 4.30. The van der Waals surface area contributed by atoms with Gasteiger partial charge in [0.05, 0.1) is 0 Å². The number of halogens is 1. The van der Waals surface area contributed by atoms with Crippen LogP contribution in [0, 0.1) is 18.7 Å². The smallest absolute Gasteiger partial charge is 0.327 e. The maximum absolute atomic E-state index is 13.5. The highest BCUT2D eigenvalue weighted by Gasteiger charge is 2.54. The van der Waals surface area contributed by atoms with E-state index < -0.39 is 11.5 Å². The van der Waals surface area contributed by atoms with Crippen LogP contribution in [0.15, 0.2) is 18.2 Å². The second-order valence-electron chi connectivity index (χ2n) is 6.17. The SMILES string of the molecule is Cc1ccc(OCC(NC2CC2)(C(=O)O)C2CC2)cc1F. The van der Waals surface area contributed by atoms with E-state index in [1.807, 2.05) is 0 Å². The fraction of sp³-hybridized carbons (Fsp3) is 0.562. The number of nitrogens with one attached hydrogen (secondary N) is 1. The van der Waals surface area contributed by atoms with Crippen molar-refractivity contribution in [2.75, 3.05) is 6.61 Å². The van der Waals surface area contributed by atoms with Crippen LogP contribution in [0.5, 0.6) is 5.75 Å². The molecule has 2 aliphatic carbocycles. The summed E-state index contributed by atoms with van der Waals surface area (Å²) < 4.78 is 19.2. The normalized spacial score (nSPS) is 20.9. The molecule has 0 heterocycles. The number of rotatable bonds is 7. The molecule has 2 N–H and O–H groups in total. The summed E-state index contributed by atoms with van der Waals surface area (Å²) in [5.41, 5.74) is -0.493. The van der Waals surface area contributed by atoms with Crippen LogP contribution in [0.25, 0.3) is 0 Å². The first-order chi connectivity index (χ1) is 10.0. The van der Waals surface area contributed by atoms with E-state index in [1.54, 1.807) is 19.1 Å². The second-order valence-corrected chi connectivity index (χ2v) is 6.17. The van der Waals surface area contributed by atoms with Crippen molar-refractivity contribution < 1.29 is 19.0 Å². The molecule has 1 aromatic rings. The third kappa shape index (κ3) is 3.02. The van der Waals surface area contributed by atoms with Gasteiger partial charge in [-0.1, -0.05) is 6.07 Å². The first kappa shape index (κ1) is 14.3. The largest absolute Gasteiger partial charge is 0.491 e. The molecule has 114 valence electrons. The van der Waals surface area contributed by atoms with Gasteiger partial charge in [-0.05, 0) is 50.2 Å². The van der Waals surface area contributed by atoms with Crippen molar-refractivity contribution in [3.8, 4) is 5.75 Å². The van der Waals surface area contributed by atoms with Crippen LogP contribution < -0.4 is 10.1 Å². The van der Waals surface area contributed by atoms with Gasteiger partial charge in [0.1, 0.15) is 18.2 Å². The molecule has 1 unspecified atom stereocenters. The van der Waals surface area contributed by atoms with Gasteiger partial charge in [-0.25, -0.2) is 4.39 Å². The average Bonchev–Trinajstić information content (AvgIpc) is 3.31. The van der Waals surface area contributed by atoms with Crippen LogP contribution in [0.3, 0.4) is 0 Å². The molecule has 0 radical (unpaired) electrons. The Morgan fingerprint density at radius 1 is 1.43 bits per heavy atom. The molecule has 0 amide bonds. The topological polar surface area (TPSA) is 58.6 Å². The molecule has 2 saturated carbocycles. The summed E-state index contributed by atoms with van der Waals surface area (Å²) in [7, 11) is 0. The van der Waals surface area contributed by atoms with Crippen LogP contribution in [-0.4, -0.2) is 29.3 Å². The molecule has 2 fully saturated rings. The van der Waals surface area contributed by atoms with Crippen molar-refractivity contribution in [1.82, 2.24) is 5.32 Å². The molecule has 0 saturated heterocycles. The fourth-order valence-electron chi connectivity index (χ4n) is 2.60. The van der Waals surface area contributed by atoms with E-state index in [9.17, 15) is 14.3 Å². The summed E-state index contributed by atoms with van der Waals surface area (Å²) in [6.07, 6.45) is 3.83. The number of hydrogen-bond acceptors (Lipinski definition) is 3. The number of aliphatic carboxylic acids is 1. The Balaban J connectivity index is 1.74. The van der Waals surface area contributed by atoms with Crippen molar-refractivity contribution in [2.24, 2.45) is 5.92 Å². The van der Waals surface area contributed by atoms with Crippen molar-refractivity contribution in [2.45, 2.75) is 44.2 Å². The van der Waals surface area contributed by atoms with Crippen molar-refractivity contribution >= 4 is 5.97 Å². The molecule has 0 bridgehead atoms. The Morgan fingerprint density at radius 2 is 2.14 bits per heavy atom. The van der Waals surface area contributed by atoms with E-state index in [-0.39, 0.29) is 24.4 Å². The van der Waals surface area contributed by atoms with Gasteiger partial charge in [0.25, 0.3) is 0 Å². The zero-order chi connectivity index (χ0) is 15.0. The van der Waals surface area contributed by atoms with E-state index in [0.717, 1.165) is 25.7 Å². The van der Waals surface area contributed by atoms with Crippen LogP contribution in [0.2, 0.25) is 0 Å². The highest BCUT2D eigenvalue weighted by Crippen LogP contribution is 2.42.